The minimum atomic E-state index is -0.205. The van der Waals surface area contributed by atoms with Crippen LogP contribution in [0.4, 0.5) is 5.82 Å². The van der Waals surface area contributed by atoms with Crippen molar-refractivity contribution in [1.29, 1.82) is 0 Å². The van der Waals surface area contributed by atoms with Gasteiger partial charge in [-0.05, 0) is 13.3 Å². The van der Waals surface area contributed by atoms with Crippen LogP contribution in [0.15, 0.2) is 12.4 Å². The van der Waals surface area contributed by atoms with Crippen LogP contribution in [-0.2, 0) is 0 Å². The molecule has 1 atom stereocenters. The molecule has 0 fully saturated rings. The number of nitrogens with one attached hydrogen (secondary N) is 1. The normalized spacial score (nSPS) is 12.1. The zero-order valence-electron chi connectivity index (χ0n) is 9.03. The van der Waals surface area contributed by atoms with E-state index in [0.29, 0.717) is 11.5 Å². The molecule has 1 rings (SSSR count). The van der Waals surface area contributed by atoms with E-state index in [9.17, 15) is 4.79 Å². The summed E-state index contributed by atoms with van der Waals surface area (Å²) < 4.78 is 0. The molecule has 0 saturated carbocycles. The van der Waals surface area contributed by atoms with Crippen LogP contribution < -0.4 is 11.1 Å². The van der Waals surface area contributed by atoms with E-state index in [1.807, 2.05) is 6.92 Å². The van der Waals surface area contributed by atoms with E-state index in [1.165, 1.54) is 12.4 Å². The van der Waals surface area contributed by atoms with Crippen molar-refractivity contribution in [3.63, 3.8) is 0 Å². The Morgan fingerprint density at radius 1 is 1.53 bits per heavy atom. The topological polar surface area (TPSA) is 80.9 Å². The first-order chi connectivity index (χ1) is 7.13. The van der Waals surface area contributed by atoms with Crippen molar-refractivity contribution in [3.05, 3.63) is 18.1 Å². The van der Waals surface area contributed by atoms with Crippen LogP contribution in [-0.4, -0.2) is 21.9 Å². The molecule has 1 unspecified atom stereocenters. The van der Waals surface area contributed by atoms with Crippen molar-refractivity contribution in [1.82, 2.24) is 15.3 Å². The van der Waals surface area contributed by atoms with Gasteiger partial charge in [0.25, 0.3) is 5.91 Å². The number of hydrogen-bond acceptors (Lipinski definition) is 4. The van der Waals surface area contributed by atoms with Crippen LogP contribution in [0, 0.1) is 0 Å². The second-order valence-electron chi connectivity index (χ2n) is 3.49. The molecule has 0 aliphatic rings. The maximum Gasteiger partial charge on any atom is 0.271 e. The average molecular weight is 208 g/mol. The van der Waals surface area contributed by atoms with Crippen molar-refractivity contribution < 1.29 is 4.79 Å². The Morgan fingerprint density at radius 3 is 2.80 bits per heavy atom. The monoisotopic (exact) mass is 208 g/mol. The van der Waals surface area contributed by atoms with Crippen molar-refractivity contribution in [3.8, 4) is 0 Å². The van der Waals surface area contributed by atoms with Gasteiger partial charge in [0.15, 0.2) is 0 Å². The molecular formula is C10H16N4O. The molecule has 5 heteroatoms. The van der Waals surface area contributed by atoms with Gasteiger partial charge in [-0.15, -0.1) is 0 Å². The molecule has 0 bridgehead atoms. The van der Waals surface area contributed by atoms with Crippen molar-refractivity contribution in [2.24, 2.45) is 0 Å². The van der Waals surface area contributed by atoms with E-state index in [2.05, 4.69) is 22.2 Å². The Morgan fingerprint density at radius 2 is 2.27 bits per heavy atom. The highest BCUT2D eigenvalue weighted by atomic mass is 16.1. The van der Waals surface area contributed by atoms with Crippen molar-refractivity contribution in [2.45, 2.75) is 32.7 Å². The molecule has 1 aromatic rings. The summed E-state index contributed by atoms with van der Waals surface area (Å²) in [5.74, 6) is 0.108. The van der Waals surface area contributed by atoms with Gasteiger partial charge in [0.1, 0.15) is 11.5 Å². The standard InChI is InChI=1S/C10H16N4O/c1-3-4-7(2)14-10(15)8-5-13-9(11)6-12-8/h5-7H,3-4H2,1-2H3,(H2,11,13)(H,14,15). The highest BCUT2D eigenvalue weighted by molar-refractivity contribution is 5.92. The van der Waals surface area contributed by atoms with E-state index in [-0.39, 0.29) is 11.9 Å². The fourth-order valence-electron chi connectivity index (χ4n) is 1.26. The van der Waals surface area contributed by atoms with E-state index in [0.717, 1.165) is 12.8 Å². The number of anilines is 1. The lowest BCUT2D eigenvalue weighted by atomic mass is 10.2. The Hall–Kier alpha value is -1.65. The third-order valence-corrected chi connectivity index (χ3v) is 2.00. The molecule has 15 heavy (non-hydrogen) atoms. The highest BCUT2D eigenvalue weighted by Crippen LogP contribution is 1.99. The zero-order chi connectivity index (χ0) is 11.3. The predicted octanol–water partition coefficient (Wildman–Crippen LogP) is 0.977. The van der Waals surface area contributed by atoms with E-state index in [4.69, 9.17) is 5.73 Å². The number of aromatic nitrogens is 2. The minimum absolute atomic E-state index is 0.154. The maximum atomic E-state index is 11.6. The summed E-state index contributed by atoms with van der Waals surface area (Å²) in [5.41, 5.74) is 5.67. The fraction of sp³-hybridized carbons (Fsp3) is 0.500. The highest BCUT2D eigenvalue weighted by Gasteiger charge is 2.10. The first kappa shape index (κ1) is 11.4. The number of amides is 1. The lowest BCUT2D eigenvalue weighted by Crippen LogP contribution is -2.33. The molecule has 0 aliphatic heterocycles. The third-order valence-electron chi connectivity index (χ3n) is 2.00. The molecule has 0 spiro atoms. The SMILES string of the molecule is CCCC(C)NC(=O)c1cnc(N)cn1. The maximum absolute atomic E-state index is 11.6. The third kappa shape index (κ3) is 3.53. The average Bonchev–Trinajstić information content (AvgIpc) is 2.18. The van der Waals surface area contributed by atoms with Gasteiger partial charge in [-0.25, -0.2) is 9.97 Å². The number of nitrogens with zero attached hydrogens (tertiary/aromatic N) is 2. The molecule has 1 amide bonds. The van der Waals surface area contributed by atoms with Gasteiger partial charge >= 0.3 is 0 Å². The van der Waals surface area contributed by atoms with Crippen LogP contribution in [0.3, 0.4) is 0 Å². The Balaban J connectivity index is 2.57. The zero-order valence-corrected chi connectivity index (χ0v) is 9.03. The first-order valence-corrected chi connectivity index (χ1v) is 5.02. The van der Waals surface area contributed by atoms with Gasteiger partial charge < -0.3 is 11.1 Å². The molecule has 5 nitrogen and oxygen atoms in total. The fourth-order valence-corrected chi connectivity index (χ4v) is 1.26. The van der Waals surface area contributed by atoms with Gasteiger partial charge in [0.2, 0.25) is 0 Å². The van der Waals surface area contributed by atoms with Crippen LogP contribution in [0.5, 0.6) is 0 Å². The van der Waals surface area contributed by atoms with Gasteiger partial charge in [-0.1, -0.05) is 13.3 Å². The molecule has 0 aromatic carbocycles. The van der Waals surface area contributed by atoms with E-state index < -0.39 is 0 Å². The molecule has 0 saturated heterocycles. The summed E-state index contributed by atoms with van der Waals surface area (Å²) in [4.78, 5) is 19.3. The van der Waals surface area contributed by atoms with E-state index in [1.54, 1.807) is 0 Å². The van der Waals surface area contributed by atoms with Crippen LogP contribution in [0.2, 0.25) is 0 Å². The largest absolute Gasteiger partial charge is 0.382 e. The van der Waals surface area contributed by atoms with Crippen LogP contribution in [0.25, 0.3) is 0 Å². The summed E-state index contributed by atoms with van der Waals surface area (Å²) in [6.07, 6.45) is 4.74. The lowest BCUT2D eigenvalue weighted by molar-refractivity contribution is 0.0933. The van der Waals surface area contributed by atoms with Crippen LogP contribution in [0.1, 0.15) is 37.2 Å². The molecule has 82 valence electrons. The lowest BCUT2D eigenvalue weighted by Gasteiger charge is -2.11. The van der Waals surface area contributed by atoms with Gasteiger partial charge in [-0.3, -0.25) is 4.79 Å². The Labute approximate surface area is 89.1 Å². The Bertz CT molecular complexity index is 323. The molecule has 0 aliphatic carbocycles. The van der Waals surface area contributed by atoms with Crippen molar-refractivity contribution in [2.75, 3.05) is 5.73 Å². The second kappa shape index (κ2) is 5.29. The summed E-state index contributed by atoms with van der Waals surface area (Å²) in [5, 5.41) is 2.83. The molecular weight excluding hydrogens is 192 g/mol. The summed E-state index contributed by atoms with van der Waals surface area (Å²) in [7, 11) is 0. The molecule has 0 radical (unpaired) electrons. The molecule has 1 heterocycles. The summed E-state index contributed by atoms with van der Waals surface area (Å²) >= 11 is 0. The number of nitrogen functional groups attached to an aromatic ring is 1. The van der Waals surface area contributed by atoms with Gasteiger partial charge in [-0.2, -0.15) is 0 Å². The predicted molar refractivity (Wildman–Crippen MR) is 58.3 cm³/mol. The number of rotatable bonds is 4. The summed E-state index contributed by atoms with van der Waals surface area (Å²) in [6.45, 7) is 4.04. The van der Waals surface area contributed by atoms with Gasteiger partial charge in [0.05, 0.1) is 12.4 Å². The van der Waals surface area contributed by atoms with Crippen molar-refractivity contribution >= 4 is 11.7 Å². The number of carbonyl (C=O) groups excluding carboxylic acids is 1. The second-order valence-corrected chi connectivity index (χ2v) is 3.49. The first-order valence-electron chi connectivity index (χ1n) is 5.02. The number of carbonyl (C=O) groups is 1. The van der Waals surface area contributed by atoms with E-state index >= 15 is 0 Å². The Kier molecular flexibility index (Phi) is 4.03. The quantitative estimate of drug-likeness (QED) is 0.772. The molecule has 1 aromatic heterocycles. The molecule has 3 N–H and O–H groups in total. The number of hydrogen-bond donors (Lipinski definition) is 2. The smallest absolute Gasteiger partial charge is 0.271 e. The minimum Gasteiger partial charge on any atom is -0.382 e. The van der Waals surface area contributed by atoms with Crippen LogP contribution >= 0.6 is 0 Å². The van der Waals surface area contributed by atoms with Gasteiger partial charge in [0, 0.05) is 6.04 Å². The summed E-state index contributed by atoms with van der Waals surface area (Å²) in [6, 6.07) is 0.154. The number of nitrogens with two attached hydrogens (primary N) is 1.